The number of hydrogen-bond donors (Lipinski definition) is 0. The molecule has 0 spiro atoms. The van der Waals surface area contributed by atoms with Gasteiger partial charge in [-0.15, -0.1) is 0 Å². The average molecular weight is 404 g/mol. The zero-order valence-corrected chi connectivity index (χ0v) is 16.8. The van der Waals surface area contributed by atoms with Gasteiger partial charge in [-0.1, -0.05) is 25.5 Å². The van der Waals surface area contributed by atoms with E-state index in [0.29, 0.717) is 22.9 Å². The molecule has 1 aliphatic rings. The first-order valence-electron chi connectivity index (χ1n) is 9.39. The van der Waals surface area contributed by atoms with Crippen LogP contribution < -0.4 is 0 Å². The third-order valence-corrected chi connectivity index (χ3v) is 7.05. The van der Waals surface area contributed by atoms with Gasteiger partial charge in [0.2, 0.25) is 5.89 Å². The van der Waals surface area contributed by atoms with Crippen LogP contribution in [0.5, 0.6) is 0 Å². The summed E-state index contributed by atoms with van der Waals surface area (Å²) in [5.41, 5.74) is 3.28. The molecule has 6 heteroatoms. The number of nitrogens with zero attached hydrogens (tertiary/aromatic N) is 1. The van der Waals surface area contributed by atoms with Crippen LogP contribution in [0.4, 0.5) is 0 Å². The maximum atomic E-state index is 11.5. The van der Waals surface area contributed by atoms with Crippen molar-refractivity contribution in [1.82, 2.24) is 4.98 Å². The lowest BCUT2D eigenvalue weighted by molar-refractivity contribution is 0.319. The highest BCUT2D eigenvalue weighted by molar-refractivity contribution is 8.13. The van der Waals surface area contributed by atoms with E-state index in [1.54, 1.807) is 6.07 Å². The lowest BCUT2D eigenvalue weighted by atomic mass is 9.78. The van der Waals surface area contributed by atoms with Gasteiger partial charge in [0.05, 0.1) is 4.90 Å². The summed E-state index contributed by atoms with van der Waals surface area (Å²) < 4.78 is 28.8. The second-order valence-corrected chi connectivity index (χ2v) is 9.90. The molecule has 0 bridgehead atoms. The Bertz CT molecular complexity index is 1050. The fourth-order valence-corrected chi connectivity index (χ4v) is 4.76. The molecule has 2 aromatic carbocycles. The molecule has 4 nitrogen and oxygen atoms in total. The molecule has 0 atom stereocenters. The molecule has 0 unspecified atom stereocenters. The van der Waals surface area contributed by atoms with Crippen LogP contribution in [-0.4, -0.2) is 13.4 Å². The van der Waals surface area contributed by atoms with E-state index in [4.69, 9.17) is 15.1 Å². The fourth-order valence-electron chi connectivity index (χ4n) is 3.98. The van der Waals surface area contributed by atoms with Crippen LogP contribution >= 0.6 is 10.7 Å². The lowest BCUT2D eigenvalue weighted by Gasteiger charge is -2.28. The first-order chi connectivity index (χ1) is 12.9. The van der Waals surface area contributed by atoms with Crippen LogP contribution in [-0.2, 0) is 9.05 Å². The van der Waals surface area contributed by atoms with Crippen molar-refractivity contribution in [2.45, 2.75) is 49.8 Å². The molecule has 1 aromatic heterocycles. The third-order valence-electron chi connectivity index (χ3n) is 5.69. The van der Waals surface area contributed by atoms with Crippen molar-refractivity contribution in [3.63, 3.8) is 0 Å². The van der Waals surface area contributed by atoms with Crippen molar-refractivity contribution in [2.24, 2.45) is 5.92 Å². The van der Waals surface area contributed by atoms with Crippen LogP contribution in [0.3, 0.4) is 0 Å². The summed E-state index contributed by atoms with van der Waals surface area (Å²) in [6, 6.07) is 12.8. The Morgan fingerprint density at radius 1 is 1.07 bits per heavy atom. The van der Waals surface area contributed by atoms with E-state index >= 15 is 0 Å². The Balaban J connectivity index is 1.57. The molecule has 27 heavy (non-hydrogen) atoms. The highest BCUT2D eigenvalue weighted by Crippen LogP contribution is 2.37. The van der Waals surface area contributed by atoms with Gasteiger partial charge >= 0.3 is 0 Å². The van der Waals surface area contributed by atoms with E-state index < -0.39 is 9.05 Å². The van der Waals surface area contributed by atoms with Gasteiger partial charge in [0.15, 0.2) is 5.58 Å². The van der Waals surface area contributed by atoms with Crippen LogP contribution in [0.1, 0.15) is 50.5 Å². The number of fused-ring (bicyclic) bond motifs is 1. The van der Waals surface area contributed by atoms with E-state index in [9.17, 15) is 8.42 Å². The van der Waals surface area contributed by atoms with Crippen LogP contribution in [0.2, 0.25) is 0 Å². The Morgan fingerprint density at radius 2 is 1.78 bits per heavy atom. The minimum Gasteiger partial charge on any atom is -0.436 e. The smallest absolute Gasteiger partial charge is 0.261 e. The van der Waals surface area contributed by atoms with Crippen molar-refractivity contribution in [3.05, 3.63) is 48.0 Å². The van der Waals surface area contributed by atoms with Crippen LogP contribution in [0, 0.1) is 5.92 Å². The van der Waals surface area contributed by atoms with Gasteiger partial charge in [-0.3, -0.25) is 0 Å². The minimum atomic E-state index is -3.78. The molecule has 1 aliphatic carbocycles. The summed E-state index contributed by atoms with van der Waals surface area (Å²) in [6.45, 7) is 2.28. The van der Waals surface area contributed by atoms with Crippen molar-refractivity contribution < 1.29 is 12.8 Å². The van der Waals surface area contributed by atoms with Crippen molar-refractivity contribution in [1.29, 1.82) is 0 Å². The van der Waals surface area contributed by atoms with Crippen molar-refractivity contribution in [3.8, 4) is 11.5 Å². The van der Waals surface area contributed by atoms with Gasteiger partial charge in [0, 0.05) is 16.2 Å². The van der Waals surface area contributed by atoms with Gasteiger partial charge in [0.25, 0.3) is 9.05 Å². The summed E-state index contributed by atoms with van der Waals surface area (Å²) in [6.07, 6.45) is 6.45. The van der Waals surface area contributed by atoms with Crippen molar-refractivity contribution >= 4 is 30.8 Å². The van der Waals surface area contributed by atoms with E-state index in [0.717, 1.165) is 11.5 Å². The molecule has 1 saturated carbocycles. The van der Waals surface area contributed by atoms with Crippen LogP contribution in [0.25, 0.3) is 22.6 Å². The van der Waals surface area contributed by atoms with Gasteiger partial charge in [-0.2, -0.15) is 0 Å². The summed E-state index contributed by atoms with van der Waals surface area (Å²) in [5.74, 6) is 2.01. The van der Waals surface area contributed by atoms with Gasteiger partial charge in [-0.05, 0) is 73.4 Å². The molecule has 0 amide bonds. The third kappa shape index (κ3) is 3.90. The molecule has 0 aliphatic heterocycles. The quantitative estimate of drug-likeness (QED) is 0.493. The zero-order valence-electron chi connectivity index (χ0n) is 15.2. The first kappa shape index (κ1) is 18.5. The molecule has 4 rings (SSSR count). The molecule has 0 radical (unpaired) electrons. The topological polar surface area (TPSA) is 60.2 Å². The standard InChI is InChI=1S/C21H22ClNO3S/c1-2-14-3-5-15(6-4-14)16-7-9-17(10-8-16)21-23-19-13-18(27(22,24)25)11-12-20(19)26-21/h7-15H,2-6H2,1H3. The van der Waals surface area contributed by atoms with E-state index in [1.165, 1.54) is 49.8 Å². The van der Waals surface area contributed by atoms with E-state index in [-0.39, 0.29) is 4.90 Å². The zero-order chi connectivity index (χ0) is 19.0. The van der Waals surface area contributed by atoms with Gasteiger partial charge in [-0.25, -0.2) is 13.4 Å². The second kappa shape index (κ2) is 7.28. The summed E-state index contributed by atoms with van der Waals surface area (Å²) >= 11 is 0. The van der Waals surface area contributed by atoms with Crippen LogP contribution in [0.15, 0.2) is 51.8 Å². The minimum absolute atomic E-state index is 0.0227. The molecule has 0 saturated heterocycles. The summed E-state index contributed by atoms with van der Waals surface area (Å²) in [5, 5.41) is 0. The van der Waals surface area contributed by atoms with E-state index in [1.807, 2.05) is 12.1 Å². The number of aromatic nitrogens is 1. The summed E-state index contributed by atoms with van der Waals surface area (Å²) in [7, 11) is 1.62. The number of oxazole rings is 1. The Kier molecular flexibility index (Phi) is 4.99. The largest absolute Gasteiger partial charge is 0.436 e. The first-order valence-corrected chi connectivity index (χ1v) is 11.7. The molecule has 0 N–H and O–H groups in total. The van der Waals surface area contributed by atoms with Gasteiger partial charge in [0.1, 0.15) is 5.52 Å². The average Bonchev–Trinajstić information content (AvgIpc) is 3.11. The van der Waals surface area contributed by atoms with Crippen molar-refractivity contribution in [2.75, 3.05) is 0 Å². The highest BCUT2D eigenvalue weighted by atomic mass is 35.7. The lowest BCUT2D eigenvalue weighted by Crippen LogP contribution is -2.12. The SMILES string of the molecule is CCC1CCC(c2ccc(-c3nc4cc(S(=O)(=O)Cl)ccc4o3)cc2)CC1. The maximum absolute atomic E-state index is 11.5. The Morgan fingerprint density at radius 3 is 2.41 bits per heavy atom. The Labute approximate surface area is 164 Å². The molecule has 1 fully saturated rings. The number of rotatable bonds is 4. The fraction of sp³-hybridized carbons (Fsp3) is 0.381. The predicted octanol–water partition coefficient (Wildman–Crippen LogP) is 6.11. The molecular formula is C21H22ClNO3S. The predicted molar refractivity (Wildman–Crippen MR) is 107 cm³/mol. The summed E-state index contributed by atoms with van der Waals surface area (Å²) in [4.78, 5) is 4.45. The number of hydrogen-bond acceptors (Lipinski definition) is 4. The normalized spacial score (nSPS) is 20.8. The van der Waals surface area contributed by atoms with E-state index in [2.05, 4.69) is 24.0 Å². The Hall–Kier alpha value is -1.85. The molecular weight excluding hydrogens is 382 g/mol. The molecule has 1 heterocycles. The monoisotopic (exact) mass is 403 g/mol. The number of halogens is 1. The number of benzene rings is 2. The second-order valence-electron chi connectivity index (χ2n) is 7.33. The maximum Gasteiger partial charge on any atom is 0.261 e. The van der Waals surface area contributed by atoms with Gasteiger partial charge < -0.3 is 4.42 Å². The highest BCUT2D eigenvalue weighted by Gasteiger charge is 2.21. The molecule has 142 valence electrons. The molecule has 3 aromatic rings.